The normalized spacial score (nSPS) is 14.2. The van der Waals surface area contributed by atoms with Gasteiger partial charge in [0.15, 0.2) is 0 Å². The highest BCUT2D eigenvalue weighted by atomic mass is 31.2. The van der Waals surface area contributed by atoms with Crippen molar-refractivity contribution in [2.45, 2.75) is 25.8 Å². The Labute approximate surface area is 119 Å². The molecule has 0 aliphatic carbocycles. The lowest BCUT2D eigenvalue weighted by molar-refractivity contribution is -0.137. The Morgan fingerprint density at radius 2 is 1.76 bits per heavy atom. The number of halogens is 4. The average Bonchev–Trinajstić information content (AvgIpc) is 2.37. The predicted molar refractivity (Wildman–Crippen MR) is 69.2 cm³/mol. The molecule has 21 heavy (non-hydrogen) atoms. The average molecular weight is 329 g/mol. The van der Waals surface area contributed by atoms with Crippen molar-refractivity contribution in [3.8, 4) is 0 Å². The van der Waals surface area contributed by atoms with Crippen LogP contribution in [0.2, 0.25) is 0 Å². The van der Waals surface area contributed by atoms with E-state index < -0.39 is 36.5 Å². The van der Waals surface area contributed by atoms with E-state index in [2.05, 4.69) is 0 Å². The zero-order valence-corrected chi connectivity index (χ0v) is 12.4. The van der Waals surface area contributed by atoms with Crippen molar-refractivity contribution < 1.29 is 31.2 Å². The van der Waals surface area contributed by atoms with Crippen LogP contribution in [0.5, 0.6) is 0 Å². The molecule has 0 amide bonds. The van der Waals surface area contributed by atoms with E-state index in [1.165, 1.54) is 13.8 Å². The minimum Gasteiger partial charge on any atom is -0.314 e. The molecule has 9 heteroatoms. The molecule has 0 saturated heterocycles. The van der Waals surface area contributed by atoms with Crippen molar-refractivity contribution in [2.75, 3.05) is 13.2 Å². The van der Waals surface area contributed by atoms with Gasteiger partial charge in [-0.25, -0.2) is 4.39 Å². The van der Waals surface area contributed by atoms with Crippen LogP contribution < -0.4 is 5.73 Å². The van der Waals surface area contributed by atoms with Crippen LogP contribution in [0.1, 0.15) is 30.8 Å². The monoisotopic (exact) mass is 329 g/mol. The van der Waals surface area contributed by atoms with Crippen LogP contribution >= 0.6 is 7.60 Å². The maximum atomic E-state index is 13.7. The highest BCUT2D eigenvalue weighted by molar-refractivity contribution is 7.54. The second-order valence-electron chi connectivity index (χ2n) is 4.05. The third kappa shape index (κ3) is 4.26. The van der Waals surface area contributed by atoms with E-state index >= 15 is 0 Å². The van der Waals surface area contributed by atoms with Crippen LogP contribution in [0.15, 0.2) is 18.2 Å². The van der Waals surface area contributed by atoms with Gasteiger partial charge >= 0.3 is 13.8 Å². The van der Waals surface area contributed by atoms with Crippen LogP contribution in [-0.2, 0) is 19.8 Å². The van der Waals surface area contributed by atoms with Gasteiger partial charge in [-0.15, -0.1) is 0 Å². The van der Waals surface area contributed by atoms with Crippen LogP contribution in [0.3, 0.4) is 0 Å². The first kappa shape index (κ1) is 18.1. The second kappa shape index (κ2) is 6.87. The van der Waals surface area contributed by atoms with Gasteiger partial charge in [-0.2, -0.15) is 13.2 Å². The smallest absolute Gasteiger partial charge is 0.314 e. The summed E-state index contributed by atoms with van der Waals surface area (Å²) >= 11 is 0. The number of hydrogen-bond donors (Lipinski definition) is 1. The Balaban J connectivity index is 3.27. The van der Waals surface area contributed by atoms with Gasteiger partial charge in [-0.3, -0.25) is 4.57 Å². The Kier molecular flexibility index (Phi) is 5.92. The molecule has 1 rings (SSSR count). The summed E-state index contributed by atoms with van der Waals surface area (Å²) in [6, 6.07) is 1.72. The minimum atomic E-state index is -4.66. The first-order valence-electron chi connectivity index (χ1n) is 6.16. The summed E-state index contributed by atoms with van der Waals surface area (Å²) in [7, 11) is -3.96. The number of hydrogen-bond acceptors (Lipinski definition) is 4. The van der Waals surface area contributed by atoms with Crippen molar-refractivity contribution in [3.05, 3.63) is 35.1 Å². The predicted octanol–water partition coefficient (Wildman–Crippen LogP) is 4.07. The number of benzene rings is 1. The number of alkyl halides is 3. The van der Waals surface area contributed by atoms with Crippen LogP contribution in [0, 0.1) is 5.82 Å². The van der Waals surface area contributed by atoms with Crippen LogP contribution in [0.4, 0.5) is 17.6 Å². The van der Waals surface area contributed by atoms with Crippen molar-refractivity contribution in [3.63, 3.8) is 0 Å². The lowest BCUT2D eigenvalue weighted by Gasteiger charge is -2.24. The van der Waals surface area contributed by atoms with E-state index in [1.54, 1.807) is 0 Å². The molecule has 0 fully saturated rings. The minimum absolute atomic E-state index is 0.0362. The molecule has 1 atom stereocenters. The fourth-order valence-electron chi connectivity index (χ4n) is 1.67. The molecular formula is C12H16F4NO3P. The summed E-state index contributed by atoms with van der Waals surface area (Å²) in [5.41, 5.74) is 3.99. The largest absolute Gasteiger partial charge is 0.416 e. The van der Waals surface area contributed by atoms with Crippen molar-refractivity contribution in [2.24, 2.45) is 5.73 Å². The molecule has 1 aromatic carbocycles. The summed E-state index contributed by atoms with van der Waals surface area (Å²) in [6.45, 7) is 2.96. The number of nitrogens with two attached hydrogens (primary N) is 1. The first-order valence-corrected chi connectivity index (χ1v) is 7.78. The summed E-state index contributed by atoms with van der Waals surface area (Å²) in [4.78, 5) is 0. The van der Waals surface area contributed by atoms with E-state index in [9.17, 15) is 22.1 Å². The zero-order valence-electron chi connectivity index (χ0n) is 11.5. The van der Waals surface area contributed by atoms with Crippen molar-refractivity contribution >= 4 is 7.60 Å². The molecule has 1 aromatic rings. The van der Waals surface area contributed by atoms with Gasteiger partial charge in [0.1, 0.15) is 11.6 Å². The topological polar surface area (TPSA) is 61.5 Å². The number of rotatable bonds is 6. The molecule has 0 heterocycles. The zero-order chi connectivity index (χ0) is 16.3. The molecule has 0 aliphatic rings. The van der Waals surface area contributed by atoms with Gasteiger partial charge in [-0.1, -0.05) is 0 Å². The summed E-state index contributed by atoms with van der Waals surface area (Å²) in [5, 5.41) is 0. The lowest BCUT2D eigenvalue weighted by Crippen LogP contribution is -2.17. The highest BCUT2D eigenvalue weighted by Crippen LogP contribution is 2.58. The molecule has 0 radical (unpaired) electrons. The van der Waals surface area contributed by atoms with E-state index in [0.717, 1.165) is 0 Å². The lowest BCUT2D eigenvalue weighted by atomic mass is 10.1. The quantitative estimate of drug-likeness (QED) is 0.631. The van der Waals surface area contributed by atoms with E-state index in [0.29, 0.717) is 18.2 Å². The maximum absolute atomic E-state index is 13.7. The standard InChI is InChI=1S/C12H16F4NO3P/c1-3-19-21(18,20-4-2)11(17)9-7-8(12(14,15)16)5-6-10(9)13/h5-7,11H,3-4,17H2,1-2H3/t11-/m0/s1. The molecule has 0 saturated carbocycles. The Morgan fingerprint density at radius 3 is 2.19 bits per heavy atom. The van der Waals surface area contributed by atoms with Gasteiger partial charge in [-0.05, 0) is 32.0 Å². The van der Waals surface area contributed by atoms with E-state index in [1.807, 2.05) is 0 Å². The summed E-state index contributed by atoms with van der Waals surface area (Å²) < 4.78 is 74.0. The fraction of sp³-hybridized carbons (Fsp3) is 0.500. The van der Waals surface area contributed by atoms with Crippen molar-refractivity contribution in [1.82, 2.24) is 0 Å². The first-order chi connectivity index (χ1) is 9.65. The van der Waals surface area contributed by atoms with Gasteiger partial charge < -0.3 is 14.8 Å². The SMILES string of the molecule is CCOP(=O)(OCC)[C@H](N)c1cc(C(F)(F)F)ccc1F. The molecule has 0 aromatic heterocycles. The molecular weight excluding hydrogens is 313 g/mol. The van der Waals surface area contributed by atoms with Gasteiger partial charge in [0.25, 0.3) is 0 Å². The Morgan fingerprint density at radius 1 is 1.24 bits per heavy atom. The third-order valence-electron chi connectivity index (χ3n) is 2.60. The molecule has 120 valence electrons. The molecule has 4 nitrogen and oxygen atoms in total. The van der Waals surface area contributed by atoms with Gasteiger partial charge in [0.05, 0.1) is 18.8 Å². The third-order valence-corrected chi connectivity index (χ3v) is 4.80. The van der Waals surface area contributed by atoms with Crippen molar-refractivity contribution in [1.29, 1.82) is 0 Å². The van der Waals surface area contributed by atoms with Crippen LogP contribution in [-0.4, -0.2) is 13.2 Å². The summed E-state index contributed by atoms with van der Waals surface area (Å²) in [6.07, 6.45) is -4.66. The molecule has 0 spiro atoms. The Bertz CT molecular complexity index is 526. The molecule has 2 N–H and O–H groups in total. The van der Waals surface area contributed by atoms with Crippen LogP contribution in [0.25, 0.3) is 0 Å². The highest BCUT2D eigenvalue weighted by Gasteiger charge is 2.38. The van der Waals surface area contributed by atoms with E-state index in [4.69, 9.17) is 14.8 Å². The molecule has 0 bridgehead atoms. The van der Waals surface area contributed by atoms with Gasteiger partial charge in [0, 0.05) is 5.56 Å². The van der Waals surface area contributed by atoms with Gasteiger partial charge in [0.2, 0.25) is 0 Å². The Hall–Kier alpha value is -0.950. The van der Waals surface area contributed by atoms with E-state index in [-0.39, 0.29) is 13.2 Å². The molecule has 0 aliphatic heterocycles. The molecule has 0 unspecified atom stereocenters. The fourth-order valence-corrected chi connectivity index (χ4v) is 3.33. The second-order valence-corrected chi connectivity index (χ2v) is 6.21. The summed E-state index contributed by atoms with van der Waals surface area (Å²) in [5.74, 6) is -2.64. The maximum Gasteiger partial charge on any atom is 0.416 e.